The molecule has 0 saturated heterocycles. The monoisotopic (exact) mass is 401 g/mol. The first kappa shape index (κ1) is 18.0. The van der Waals surface area contributed by atoms with Crippen molar-refractivity contribution in [3.63, 3.8) is 0 Å². The van der Waals surface area contributed by atoms with Gasteiger partial charge in [-0.15, -0.1) is 10.2 Å². The van der Waals surface area contributed by atoms with Crippen molar-refractivity contribution < 1.29 is 4.79 Å². The van der Waals surface area contributed by atoms with Crippen LogP contribution in [0.3, 0.4) is 0 Å². The Balaban J connectivity index is 1.43. The van der Waals surface area contributed by atoms with Gasteiger partial charge in [-0.2, -0.15) is 11.3 Å². The van der Waals surface area contributed by atoms with E-state index in [4.69, 9.17) is 11.6 Å². The summed E-state index contributed by atoms with van der Waals surface area (Å²) in [6, 6.07) is 9.70. The molecule has 1 atom stereocenters. The number of carbonyl (C=O) groups is 1. The summed E-state index contributed by atoms with van der Waals surface area (Å²) in [5.74, 6) is 1.69. The topological polar surface area (TPSA) is 63.1 Å². The molecule has 0 bridgehead atoms. The fourth-order valence-corrected chi connectivity index (χ4v) is 4.17. The van der Waals surface area contributed by atoms with Gasteiger partial charge < -0.3 is 14.8 Å². The predicted octanol–water partition coefficient (Wildman–Crippen LogP) is 3.87. The molecule has 8 heteroatoms. The van der Waals surface area contributed by atoms with E-state index in [1.165, 1.54) is 0 Å². The molecule has 0 saturated carbocycles. The van der Waals surface area contributed by atoms with Crippen LogP contribution in [-0.4, -0.2) is 32.2 Å². The molecule has 27 heavy (non-hydrogen) atoms. The number of fused-ring (bicyclic) bond motifs is 1. The van der Waals surface area contributed by atoms with Crippen molar-refractivity contribution in [1.29, 1.82) is 0 Å². The smallest absolute Gasteiger partial charge is 0.318 e. The minimum absolute atomic E-state index is 0.0145. The van der Waals surface area contributed by atoms with Crippen LogP contribution < -0.4 is 5.32 Å². The first-order chi connectivity index (χ1) is 13.1. The van der Waals surface area contributed by atoms with Crippen molar-refractivity contribution >= 4 is 29.0 Å². The van der Waals surface area contributed by atoms with Gasteiger partial charge in [-0.05, 0) is 40.9 Å². The third kappa shape index (κ3) is 3.84. The van der Waals surface area contributed by atoms with E-state index in [9.17, 15) is 4.79 Å². The molecule has 1 aliphatic heterocycles. The van der Waals surface area contributed by atoms with Crippen molar-refractivity contribution in [2.24, 2.45) is 0 Å². The van der Waals surface area contributed by atoms with Crippen LogP contribution in [0.1, 0.15) is 35.7 Å². The number of hydrogen-bond donors (Lipinski definition) is 1. The van der Waals surface area contributed by atoms with Crippen LogP contribution in [0, 0.1) is 0 Å². The second kappa shape index (κ2) is 7.70. The highest BCUT2D eigenvalue weighted by molar-refractivity contribution is 7.07. The van der Waals surface area contributed by atoms with Crippen LogP contribution >= 0.6 is 22.9 Å². The number of thiophene rings is 1. The lowest BCUT2D eigenvalue weighted by Gasteiger charge is -2.29. The minimum atomic E-state index is -0.0735. The largest absolute Gasteiger partial charge is 0.331 e. The Labute approximate surface area is 166 Å². The molecular formula is C19H20ClN5OS. The Hall–Kier alpha value is -2.38. The van der Waals surface area contributed by atoms with Gasteiger partial charge in [0.15, 0.2) is 5.82 Å². The lowest BCUT2D eigenvalue weighted by molar-refractivity contribution is 0.178. The number of hydrogen-bond acceptors (Lipinski definition) is 4. The Kier molecular flexibility index (Phi) is 5.13. The van der Waals surface area contributed by atoms with Gasteiger partial charge in [0.1, 0.15) is 5.82 Å². The van der Waals surface area contributed by atoms with Crippen LogP contribution in [0.5, 0.6) is 0 Å². The number of urea groups is 1. The van der Waals surface area contributed by atoms with Gasteiger partial charge in [-0.1, -0.05) is 29.8 Å². The summed E-state index contributed by atoms with van der Waals surface area (Å²) in [6.07, 6.45) is 0.633. The zero-order chi connectivity index (χ0) is 18.8. The van der Waals surface area contributed by atoms with E-state index in [2.05, 4.69) is 25.5 Å². The van der Waals surface area contributed by atoms with E-state index in [0.717, 1.165) is 27.8 Å². The second-order valence-corrected chi connectivity index (χ2v) is 7.79. The van der Waals surface area contributed by atoms with Gasteiger partial charge in [-0.25, -0.2) is 4.79 Å². The first-order valence-electron chi connectivity index (χ1n) is 8.83. The van der Waals surface area contributed by atoms with Crippen LogP contribution in [-0.2, 0) is 19.5 Å². The quantitative estimate of drug-likeness (QED) is 0.721. The third-order valence-corrected chi connectivity index (χ3v) is 5.88. The number of aromatic nitrogens is 3. The van der Waals surface area contributed by atoms with E-state index in [0.29, 0.717) is 26.1 Å². The molecule has 3 aromatic rings. The molecule has 0 radical (unpaired) electrons. The Morgan fingerprint density at radius 1 is 1.30 bits per heavy atom. The van der Waals surface area contributed by atoms with E-state index in [1.807, 2.05) is 42.6 Å². The maximum absolute atomic E-state index is 12.6. The maximum atomic E-state index is 12.6. The molecule has 1 N–H and O–H groups in total. The van der Waals surface area contributed by atoms with Gasteiger partial charge >= 0.3 is 6.03 Å². The molecule has 0 aliphatic carbocycles. The molecule has 1 unspecified atom stereocenters. The molecule has 6 nitrogen and oxygen atoms in total. The van der Waals surface area contributed by atoms with Gasteiger partial charge in [-0.3, -0.25) is 0 Å². The van der Waals surface area contributed by atoms with Crippen molar-refractivity contribution in [2.45, 2.75) is 32.5 Å². The SMILES string of the molecule is CC(NC(=O)N1CCn2c(Cc3ccccc3Cl)nnc2C1)c1ccsc1. The Morgan fingerprint density at radius 2 is 2.15 bits per heavy atom. The summed E-state index contributed by atoms with van der Waals surface area (Å²) in [5, 5.41) is 16.5. The number of amides is 2. The second-order valence-electron chi connectivity index (χ2n) is 6.60. The molecule has 3 heterocycles. The fraction of sp³-hybridized carbons (Fsp3) is 0.316. The van der Waals surface area contributed by atoms with Crippen LogP contribution in [0.4, 0.5) is 4.79 Å². The molecule has 1 aliphatic rings. The molecule has 4 rings (SSSR count). The lowest BCUT2D eigenvalue weighted by atomic mass is 10.1. The van der Waals surface area contributed by atoms with Gasteiger partial charge in [0.2, 0.25) is 0 Å². The summed E-state index contributed by atoms with van der Waals surface area (Å²) >= 11 is 7.89. The number of halogens is 1. The summed E-state index contributed by atoms with van der Waals surface area (Å²) in [6.45, 7) is 3.76. The number of nitrogens with zero attached hydrogens (tertiary/aromatic N) is 4. The van der Waals surface area contributed by atoms with Gasteiger partial charge in [0.05, 0.1) is 12.6 Å². The number of rotatable bonds is 4. The molecule has 140 valence electrons. The Morgan fingerprint density at radius 3 is 2.93 bits per heavy atom. The zero-order valence-electron chi connectivity index (χ0n) is 14.9. The number of nitrogens with one attached hydrogen (secondary N) is 1. The van der Waals surface area contributed by atoms with Crippen molar-refractivity contribution in [3.05, 3.63) is 68.9 Å². The normalized spacial score (nSPS) is 14.7. The first-order valence-corrected chi connectivity index (χ1v) is 10.2. The Bertz CT molecular complexity index is 939. The molecule has 2 aromatic heterocycles. The van der Waals surface area contributed by atoms with E-state index in [-0.39, 0.29) is 12.1 Å². The highest BCUT2D eigenvalue weighted by atomic mass is 35.5. The predicted molar refractivity (Wildman–Crippen MR) is 106 cm³/mol. The van der Waals surface area contributed by atoms with Gasteiger partial charge in [0, 0.05) is 24.5 Å². The molecular weight excluding hydrogens is 382 g/mol. The highest BCUT2D eigenvalue weighted by Crippen LogP contribution is 2.21. The number of carbonyl (C=O) groups excluding carboxylic acids is 1. The number of benzene rings is 1. The summed E-state index contributed by atoms with van der Waals surface area (Å²) in [5.41, 5.74) is 2.15. The average molecular weight is 402 g/mol. The lowest BCUT2D eigenvalue weighted by Crippen LogP contribution is -2.45. The summed E-state index contributed by atoms with van der Waals surface area (Å²) in [4.78, 5) is 14.4. The molecule has 2 amide bonds. The van der Waals surface area contributed by atoms with Crippen LogP contribution in [0.25, 0.3) is 0 Å². The fourth-order valence-electron chi connectivity index (χ4n) is 3.22. The molecule has 1 aromatic carbocycles. The molecule has 0 spiro atoms. The zero-order valence-corrected chi connectivity index (χ0v) is 16.5. The van der Waals surface area contributed by atoms with Crippen molar-refractivity contribution in [1.82, 2.24) is 25.0 Å². The summed E-state index contributed by atoms with van der Waals surface area (Å²) in [7, 11) is 0. The maximum Gasteiger partial charge on any atom is 0.318 e. The molecule has 0 fully saturated rings. The third-order valence-electron chi connectivity index (χ3n) is 4.81. The standard InChI is InChI=1S/C19H20ClN5OS/c1-13(15-6-9-27-12-15)21-19(26)24-7-8-25-17(22-23-18(25)11-24)10-14-4-2-3-5-16(14)20/h2-6,9,12-13H,7-8,10-11H2,1H3,(H,21,26). The van der Waals surface area contributed by atoms with Crippen molar-refractivity contribution in [3.8, 4) is 0 Å². The van der Waals surface area contributed by atoms with E-state index < -0.39 is 0 Å². The van der Waals surface area contributed by atoms with Crippen molar-refractivity contribution in [2.75, 3.05) is 6.54 Å². The van der Waals surface area contributed by atoms with Crippen LogP contribution in [0.15, 0.2) is 41.1 Å². The average Bonchev–Trinajstić information content (AvgIpc) is 3.33. The highest BCUT2D eigenvalue weighted by Gasteiger charge is 2.25. The van der Waals surface area contributed by atoms with E-state index in [1.54, 1.807) is 16.2 Å². The van der Waals surface area contributed by atoms with Gasteiger partial charge in [0.25, 0.3) is 0 Å². The van der Waals surface area contributed by atoms with E-state index >= 15 is 0 Å². The van der Waals surface area contributed by atoms with Crippen LogP contribution in [0.2, 0.25) is 5.02 Å². The summed E-state index contributed by atoms with van der Waals surface area (Å²) < 4.78 is 2.09. The minimum Gasteiger partial charge on any atom is -0.331 e.